The normalized spacial score (nSPS) is 10.4. The standard InChI is InChI=1S/C17H15N3O4S2.K/c1-9-12-14(22)19-17(20-15(12)26-13(9)16(23)24)25-8-11(21)18-7-10-5-3-2-4-6-10;/h2-6H,7-8H2,1H3,(H,18,21)(H,23,24)(H,19,20,22);/q;+1/p-1. The molecule has 0 aliphatic rings. The van der Waals surface area contributed by atoms with Crippen molar-refractivity contribution in [2.24, 2.45) is 0 Å². The molecule has 3 rings (SSSR count). The van der Waals surface area contributed by atoms with Crippen LogP contribution in [0.4, 0.5) is 0 Å². The molecule has 0 bridgehead atoms. The summed E-state index contributed by atoms with van der Waals surface area (Å²) >= 11 is 1.98. The third kappa shape index (κ3) is 5.50. The number of carbonyl (C=O) groups is 2. The number of hydrogen-bond donors (Lipinski definition) is 2. The van der Waals surface area contributed by atoms with Gasteiger partial charge < -0.3 is 20.2 Å². The van der Waals surface area contributed by atoms with E-state index in [0.29, 0.717) is 16.9 Å². The van der Waals surface area contributed by atoms with E-state index in [0.717, 1.165) is 28.7 Å². The number of aromatic carboxylic acids is 1. The third-order valence-electron chi connectivity index (χ3n) is 3.64. The Morgan fingerprint density at radius 1 is 1.30 bits per heavy atom. The first-order valence-corrected chi connectivity index (χ1v) is 9.44. The summed E-state index contributed by atoms with van der Waals surface area (Å²) < 4.78 is 0. The quantitative estimate of drug-likeness (QED) is 0.269. The minimum absolute atomic E-state index is 0. The molecule has 0 atom stereocenters. The van der Waals surface area contributed by atoms with Gasteiger partial charge in [0, 0.05) is 6.54 Å². The van der Waals surface area contributed by atoms with Crippen molar-refractivity contribution >= 4 is 45.2 Å². The van der Waals surface area contributed by atoms with E-state index in [-0.39, 0.29) is 78.5 Å². The van der Waals surface area contributed by atoms with Gasteiger partial charge in [-0.05, 0) is 18.1 Å². The number of thiophene rings is 1. The predicted molar refractivity (Wildman–Crippen MR) is 98.3 cm³/mol. The number of nitrogens with zero attached hydrogens (tertiary/aromatic N) is 1. The fourth-order valence-electron chi connectivity index (χ4n) is 2.37. The van der Waals surface area contributed by atoms with E-state index in [9.17, 15) is 19.5 Å². The second kappa shape index (κ2) is 9.96. The Bertz CT molecular complexity index is 1030. The molecule has 10 heteroatoms. The third-order valence-corrected chi connectivity index (χ3v) is 5.68. The van der Waals surface area contributed by atoms with Crippen LogP contribution in [0.15, 0.2) is 40.3 Å². The first-order valence-electron chi connectivity index (χ1n) is 7.64. The molecule has 0 radical (unpaired) electrons. The van der Waals surface area contributed by atoms with Gasteiger partial charge in [0.1, 0.15) is 4.83 Å². The number of aromatic amines is 1. The number of aromatic nitrogens is 2. The zero-order chi connectivity index (χ0) is 18.7. The zero-order valence-electron chi connectivity index (χ0n) is 14.7. The van der Waals surface area contributed by atoms with E-state index < -0.39 is 11.5 Å². The van der Waals surface area contributed by atoms with E-state index >= 15 is 0 Å². The number of nitrogens with one attached hydrogen (secondary N) is 2. The fourth-order valence-corrected chi connectivity index (χ4v) is 4.13. The molecule has 7 nitrogen and oxygen atoms in total. The second-order valence-electron chi connectivity index (χ2n) is 5.45. The summed E-state index contributed by atoms with van der Waals surface area (Å²) in [6, 6.07) is 9.51. The van der Waals surface area contributed by atoms with Gasteiger partial charge in [-0.15, -0.1) is 11.3 Å². The van der Waals surface area contributed by atoms with Gasteiger partial charge in [0.25, 0.3) is 5.56 Å². The molecule has 1 aromatic carbocycles. The molecule has 1 amide bonds. The number of hydrogen-bond acceptors (Lipinski definition) is 7. The average molecular weight is 428 g/mol. The molecule has 27 heavy (non-hydrogen) atoms. The van der Waals surface area contributed by atoms with Crippen LogP contribution in [0, 0.1) is 6.92 Å². The van der Waals surface area contributed by atoms with Gasteiger partial charge in [0.15, 0.2) is 5.16 Å². The van der Waals surface area contributed by atoms with Crippen molar-refractivity contribution in [1.29, 1.82) is 0 Å². The van der Waals surface area contributed by atoms with Gasteiger partial charge in [0.05, 0.1) is 22.0 Å². The topological polar surface area (TPSA) is 115 Å². The number of carboxylic acid groups (broad SMARTS) is 1. The van der Waals surface area contributed by atoms with E-state index in [1.54, 1.807) is 6.92 Å². The largest absolute Gasteiger partial charge is 1.00 e. The zero-order valence-corrected chi connectivity index (χ0v) is 19.5. The maximum atomic E-state index is 12.2. The Morgan fingerprint density at radius 2 is 2.00 bits per heavy atom. The summed E-state index contributed by atoms with van der Waals surface area (Å²) in [7, 11) is 0. The summed E-state index contributed by atoms with van der Waals surface area (Å²) in [4.78, 5) is 42.4. The molecular weight excluding hydrogens is 413 g/mol. The average Bonchev–Trinajstić information content (AvgIpc) is 2.96. The van der Waals surface area contributed by atoms with E-state index in [4.69, 9.17) is 0 Å². The first-order chi connectivity index (χ1) is 12.5. The number of carboxylic acids is 1. The maximum Gasteiger partial charge on any atom is 1.00 e. The number of amides is 1. The van der Waals surface area contributed by atoms with Gasteiger partial charge in [-0.2, -0.15) is 0 Å². The second-order valence-corrected chi connectivity index (χ2v) is 7.41. The summed E-state index contributed by atoms with van der Waals surface area (Å²) in [5, 5.41) is 14.4. The van der Waals surface area contributed by atoms with Crippen molar-refractivity contribution in [3.8, 4) is 0 Å². The molecule has 2 heterocycles. The molecule has 2 N–H and O–H groups in total. The number of H-pyrrole nitrogens is 1. The van der Waals surface area contributed by atoms with E-state index in [1.165, 1.54) is 0 Å². The smallest absolute Gasteiger partial charge is 0.544 e. The van der Waals surface area contributed by atoms with Crippen LogP contribution in [-0.4, -0.2) is 27.6 Å². The van der Waals surface area contributed by atoms with Gasteiger partial charge in [0.2, 0.25) is 5.91 Å². The minimum Gasteiger partial charge on any atom is -0.544 e. The van der Waals surface area contributed by atoms with Crippen molar-refractivity contribution in [2.75, 3.05) is 5.75 Å². The van der Waals surface area contributed by atoms with E-state index in [1.807, 2.05) is 30.3 Å². The molecule has 3 aromatic rings. The minimum atomic E-state index is -1.33. The van der Waals surface area contributed by atoms with Crippen molar-refractivity contribution in [3.63, 3.8) is 0 Å². The number of thioether (sulfide) groups is 1. The van der Waals surface area contributed by atoms with Crippen molar-refractivity contribution in [2.45, 2.75) is 18.6 Å². The van der Waals surface area contributed by atoms with Gasteiger partial charge in [-0.1, -0.05) is 42.1 Å². The van der Waals surface area contributed by atoms with Crippen LogP contribution >= 0.6 is 23.1 Å². The van der Waals surface area contributed by atoms with Crippen LogP contribution in [0.1, 0.15) is 20.8 Å². The Morgan fingerprint density at radius 3 is 2.67 bits per heavy atom. The summed E-state index contributed by atoms with van der Waals surface area (Å²) in [6.45, 7) is 1.97. The Hall–Kier alpha value is -1.01. The molecule has 0 saturated heterocycles. The first kappa shape index (κ1) is 22.3. The molecule has 0 fully saturated rings. The molecule has 0 unspecified atom stereocenters. The number of carbonyl (C=O) groups excluding carboxylic acids is 2. The van der Waals surface area contributed by atoms with E-state index in [2.05, 4.69) is 15.3 Å². The number of fused-ring (bicyclic) bond motifs is 1. The Balaban J connectivity index is 0.00000261. The monoisotopic (exact) mass is 427 g/mol. The molecule has 0 spiro atoms. The van der Waals surface area contributed by atoms with Crippen molar-refractivity contribution < 1.29 is 66.1 Å². The molecular formula is C17H14KN3O4S2. The van der Waals surface area contributed by atoms with Crippen LogP contribution in [0.25, 0.3) is 10.2 Å². The molecule has 134 valence electrons. The number of rotatable bonds is 6. The van der Waals surface area contributed by atoms with Crippen LogP contribution in [0.2, 0.25) is 0 Å². The Kier molecular flexibility index (Phi) is 8.22. The molecule has 2 aromatic heterocycles. The van der Waals surface area contributed by atoms with Crippen molar-refractivity contribution in [3.05, 3.63) is 56.7 Å². The van der Waals surface area contributed by atoms with Gasteiger partial charge in [-0.25, -0.2) is 4.98 Å². The summed E-state index contributed by atoms with van der Waals surface area (Å²) in [5.74, 6) is -1.45. The van der Waals surface area contributed by atoms with Crippen LogP contribution in [0.5, 0.6) is 0 Å². The number of benzene rings is 1. The molecule has 0 saturated carbocycles. The fraction of sp³-hybridized carbons (Fsp3) is 0.176. The summed E-state index contributed by atoms with van der Waals surface area (Å²) in [6.07, 6.45) is 0. The summed E-state index contributed by atoms with van der Waals surface area (Å²) in [5.41, 5.74) is 0.905. The van der Waals surface area contributed by atoms with Crippen molar-refractivity contribution in [1.82, 2.24) is 15.3 Å². The Labute approximate surface area is 205 Å². The number of aryl methyl sites for hydroxylation is 1. The van der Waals surface area contributed by atoms with Crippen LogP contribution in [0.3, 0.4) is 0 Å². The molecule has 0 aliphatic carbocycles. The van der Waals surface area contributed by atoms with Gasteiger partial charge in [-0.3, -0.25) is 9.59 Å². The maximum absolute atomic E-state index is 12.2. The van der Waals surface area contributed by atoms with Crippen LogP contribution < -0.4 is 67.4 Å². The van der Waals surface area contributed by atoms with Crippen LogP contribution in [-0.2, 0) is 11.3 Å². The SMILES string of the molecule is Cc1c(C(=O)[O-])sc2nc(SCC(=O)NCc3ccccc3)[nH]c(=O)c12.[K+]. The van der Waals surface area contributed by atoms with Gasteiger partial charge >= 0.3 is 51.4 Å². The molecule has 0 aliphatic heterocycles. The predicted octanol–water partition coefficient (Wildman–Crippen LogP) is -1.93.